The van der Waals surface area contributed by atoms with Gasteiger partial charge in [-0.15, -0.1) is 11.3 Å². The number of hydrogen-bond acceptors (Lipinski definition) is 6. The second-order valence-corrected chi connectivity index (χ2v) is 13.9. The van der Waals surface area contributed by atoms with Gasteiger partial charge < -0.3 is 15.1 Å². The van der Waals surface area contributed by atoms with Crippen molar-refractivity contribution >= 4 is 56.8 Å². The van der Waals surface area contributed by atoms with E-state index in [9.17, 15) is 22.8 Å². The summed E-state index contributed by atoms with van der Waals surface area (Å²) in [6.45, 7) is 1.25. The van der Waals surface area contributed by atoms with E-state index in [1.54, 1.807) is 17.0 Å². The summed E-state index contributed by atoms with van der Waals surface area (Å²) in [4.78, 5) is 42.9. The molecule has 1 aliphatic carbocycles. The summed E-state index contributed by atoms with van der Waals surface area (Å²) in [6, 6.07) is 12.4. The zero-order valence-electron chi connectivity index (χ0n) is 22.0. The Kier molecular flexibility index (Phi) is 8.94. The maximum absolute atomic E-state index is 13.2. The summed E-state index contributed by atoms with van der Waals surface area (Å²) in [5.74, 6) is -0.344. The topological polar surface area (TPSA) is 116 Å². The molecule has 3 aliphatic rings. The van der Waals surface area contributed by atoms with Crippen LogP contribution in [0.25, 0.3) is 6.08 Å². The molecule has 5 rings (SSSR count). The molecule has 4 atom stereocenters. The molecule has 3 fully saturated rings. The Morgan fingerprint density at radius 2 is 1.85 bits per heavy atom. The highest BCUT2D eigenvalue weighted by Crippen LogP contribution is 2.47. The first-order chi connectivity index (χ1) is 19.2. The van der Waals surface area contributed by atoms with Crippen LogP contribution in [0.5, 0.6) is 0 Å². The molecule has 0 bridgehead atoms. The van der Waals surface area contributed by atoms with Crippen LogP contribution in [0.15, 0.2) is 47.9 Å². The van der Waals surface area contributed by atoms with Crippen molar-refractivity contribution < 1.29 is 22.8 Å². The number of thiophene rings is 1. The van der Waals surface area contributed by atoms with E-state index < -0.39 is 22.0 Å². The molecule has 3 heterocycles. The number of benzene rings is 1. The number of sulfonamides is 1. The van der Waals surface area contributed by atoms with Crippen molar-refractivity contribution in [2.24, 2.45) is 5.92 Å². The lowest BCUT2D eigenvalue weighted by Gasteiger charge is -2.34. The minimum absolute atomic E-state index is 0.0192. The van der Waals surface area contributed by atoms with Crippen molar-refractivity contribution in [2.45, 2.75) is 50.1 Å². The zero-order chi connectivity index (χ0) is 28.3. The largest absolute Gasteiger partial charge is 0.354 e. The summed E-state index contributed by atoms with van der Waals surface area (Å²) in [5, 5.41) is 4.07. The third kappa shape index (κ3) is 7.12. The Morgan fingerprint density at radius 3 is 2.60 bits per heavy atom. The number of amides is 3. The molecule has 0 unspecified atom stereocenters. The Balaban J connectivity index is 1.11. The molecule has 3 amide bonds. The summed E-state index contributed by atoms with van der Waals surface area (Å²) in [5.41, 5.74) is 1.18. The van der Waals surface area contributed by atoms with Crippen LogP contribution in [-0.4, -0.2) is 74.2 Å². The maximum atomic E-state index is 13.2. The molecular formula is C28H33ClN4O5S2. The van der Waals surface area contributed by atoms with Crippen LogP contribution in [0.1, 0.15) is 48.5 Å². The van der Waals surface area contributed by atoms with E-state index in [2.05, 4.69) is 10.0 Å². The van der Waals surface area contributed by atoms with Gasteiger partial charge in [-0.1, -0.05) is 41.9 Å². The van der Waals surface area contributed by atoms with Gasteiger partial charge in [0.1, 0.15) is 6.04 Å². The first-order valence-corrected chi connectivity index (χ1v) is 16.3. The lowest BCUT2D eigenvalue weighted by Crippen LogP contribution is -2.55. The van der Waals surface area contributed by atoms with Gasteiger partial charge in [-0.2, -0.15) is 4.72 Å². The average molecular weight is 605 g/mol. The fraction of sp³-hybridized carbons (Fsp3) is 0.464. The van der Waals surface area contributed by atoms with Crippen molar-refractivity contribution in [3.63, 3.8) is 0 Å². The summed E-state index contributed by atoms with van der Waals surface area (Å²) in [7, 11) is -3.87. The van der Waals surface area contributed by atoms with Crippen LogP contribution >= 0.6 is 22.9 Å². The Morgan fingerprint density at radius 1 is 1.07 bits per heavy atom. The molecule has 1 saturated carbocycles. The van der Waals surface area contributed by atoms with Crippen LogP contribution < -0.4 is 10.0 Å². The predicted octanol–water partition coefficient (Wildman–Crippen LogP) is 3.19. The lowest BCUT2D eigenvalue weighted by molar-refractivity contribution is -0.143. The first kappa shape index (κ1) is 28.8. The molecule has 40 heavy (non-hydrogen) atoms. The van der Waals surface area contributed by atoms with Gasteiger partial charge >= 0.3 is 0 Å². The van der Waals surface area contributed by atoms with E-state index in [1.165, 1.54) is 27.9 Å². The van der Waals surface area contributed by atoms with Crippen molar-refractivity contribution in [3.8, 4) is 0 Å². The van der Waals surface area contributed by atoms with Crippen molar-refractivity contribution in [2.75, 3.05) is 26.2 Å². The van der Waals surface area contributed by atoms with Crippen LogP contribution in [-0.2, 0) is 24.4 Å². The van der Waals surface area contributed by atoms with Gasteiger partial charge in [0.15, 0.2) is 0 Å². The molecule has 1 aromatic carbocycles. The molecule has 2 N–H and O–H groups in total. The number of hydrogen-bond donors (Lipinski definition) is 2. The monoisotopic (exact) mass is 604 g/mol. The van der Waals surface area contributed by atoms with Crippen LogP contribution in [0.4, 0.5) is 0 Å². The highest BCUT2D eigenvalue weighted by molar-refractivity contribution is 7.92. The van der Waals surface area contributed by atoms with Gasteiger partial charge in [0.2, 0.25) is 27.7 Å². The minimum atomic E-state index is -3.87. The number of halogens is 1. The summed E-state index contributed by atoms with van der Waals surface area (Å²) < 4.78 is 28.2. The SMILES string of the molecule is O=C(NC[C@@H]1CCCN1C(=O)CN1CCC[C@H](NS(=O)(=O)/C=C/c2ccc(Cl)s2)C1=O)[C@@H]1C[C@H]1c1ccccc1. The number of likely N-dealkylation sites (tertiary alicyclic amines) is 2. The molecule has 2 aromatic rings. The Labute approximate surface area is 243 Å². The second kappa shape index (κ2) is 12.4. The first-order valence-electron chi connectivity index (χ1n) is 13.6. The highest BCUT2D eigenvalue weighted by atomic mass is 35.5. The number of carbonyl (C=O) groups excluding carboxylic acids is 3. The number of carbonyl (C=O) groups is 3. The Hall–Kier alpha value is -2.73. The minimum Gasteiger partial charge on any atom is -0.354 e. The lowest BCUT2D eigenvalue weighted by atomic mass is 10.1. The molecule has 0 radical (unpaired) electrons. The number of nitrogens with one attached hydrogen (secondary N) is 2. The molecular weight excluding hydrogens is 572 g/mol. The van der Waals surface area contributed by atoms with Gasteiger partial charge in [0.05, 0.1) is 10.9 Å². The van der Waals surface area contributed by atoms with E-state index >= 15 is 0 Å². The third-order valence-corrected chi connectivity index (χ3v) is 10.0. The molecule has 214 valence electrons. The van der Waals surface area contributed by atoms with Gasteiger partial charge in [-0.3, -0.25) is 14.4 Å². The number of nitrogens with zero attached hydrogens (tertiary/aromatic N) is 2. The molecule has 2 saturated heterocycles. The Bertz CT molecular complexity index is 1380. The van der Waals surface area contributed by atoms with E-state index in [1.807, 2.05) is 30.3 Å². The van der Waals surface area contributed by atoms with Crippen molar-refractivity contribution in [1.82, 2.24) is 19.8 Å². The highest BCUT2D eigenvalue weighted by Gasteiger charge is 2.44. The second-order valence-electron chi connectivity index (χ2n) is 10.5. The van der Waals surface area contributed by atoms with Gasteiger partial charge in [0.25, 0.3) is 0 Å². The maximum Gasteiger partial charge on any atom is 0.242 e. The number of piperidine rings is 1. The smallest absolute Gasteiger partial charge is 0.242 e. The van der Waals surface area contributed by atoms with Gasteiger partial charge in [0, 0.05) is 41.9 Å². The van der Waals surface area contributed by atoms with Crippen LogP contribution in [0.2, 0.25) is 4.34 Å². The number of rotatable bonds is 10. The van der Waals surface area contributed by atoms with E-state index in [-0.39, 0.29) is 36.2 Å². The molecule has 1 aromatic heterocycles. The van der Waals surface area contributed by atoms with E-state index in [0.29, 0.717) is 41.7 Å². The fourth-order valence-corrected chi connectivity index (χ4v) is 7.62. The zero-order valence-corrected chi connectivity index (χ0v) is 24.4. The van der Waals surface area contributed by atoms with Gasteiger partial charge in [-0.05, 0) is 61.8 Å². The quantitative estimate of drug-likeness (QED) is 0.432. The van der Waals surface area contributed by atoms with Crippen molar-refractivity contribution in [1.29, 1.82) is 0 Å². The molecule has 2 aliphatic heterocycles. The predicted molar refractivity (Wildman–Crippen MR) is 155 cm³/mol. The third-order valence-electron chi connectivity index (χ3n) is 7.73. The molecule has 0 spiro atoms. The van der Waals surface area contributed by atoms with Crippen molar-refractivity contribution in [3.05, 3.63) is 62.6 Å². The standard InChI is InChI=1S/C28H33ClN4O5S2/c29-25-11-10-21(39-25)12-15-40(37,38)31-24-9-5-13-32(28(24)36)18-26(34)33-14-4-8-20(33)17-30-27(35)23-16-22(23)19-6-2-1-3-7-19/h1-3,6-7,10-12,15,20,22-24,31H,4-5,8-9,13-14,16-18H2,(H,30,35)/b15-12+/t20-,22-,23+,24-/m0/s1. The van der Waals surface area contributed by atoms with E-state index in [0.717, 1.165) is 24.7 Å². The summed E-state index contributed by atoms with van der Waals surface area (Å²) in [6.07, 6.45) is 4.84. The van der Waals surface area contributed by atoms with E-state index in [4.69, 9.17) is 11.6 Å². The summed E-state index contributed by atoms with van der Waals surface area (Å²) >= 11 is 7.14. The van der Waals surface area contributed by atoms with Crippen LogP contribution in [0, 0.1) is 5.92 Å². The molecule has 9 nitrogen and oxygen atoms in total. The van der Waals surface area contributed by atoms with Gasteiger partial charge in [-0.25, -0.2) is 8.42 Å². The fourth-order valence-electron chi connectivity index (χ4n) is 5.55. The van der Waals surface area contributed by atoms with Crippen LogP contribution in [0.3, 0.4) is 0 Å². The molecule has 12 heteroatoms. The normalized spacial score (nSPS) is 25.0. The average Bonchev–Trinajstić information content (AvgIpc) is 3.40.